The van der Waals surface area contributed by atoms with Gasteiger partial charge in [-0.15, -0.1) is 0 Å². The number of ether oxygens (including phenoxy) is 2. The third-order valence-electron chi connectivity index (χ3n) is 7.43. The van der Waals surface area contributed by atoms with Gasteiger partial charge < -0.3 is 14.6 Å². The lowest BCUT2D eigenvalue weighted by Crippen LogP contribution is -2.23. The highest BCUT2D eigenvalue weighted by Gasteiger charge is 2.35. The Kier molecular flexibility index (Phi) is 7.37. The second-order valence-corrected chi connectivity index (χ2v) is 10.0. The summed E-state index contributed by atoms with van der Waals surface area (Å²) in [6.07, 6.45) is 6.32. The maximum Gasteiger partial charge on any atom is 0.329 e. The lowest BCUT2D eigenvalue weighted by atomic mass is 9.82. The number of nitrogens with zero attached hydrogens (tertiary/aromatic N) is 2. The van der Waals surface area contributed by atoms with Gasteiger partial charge in [0.2, 0.25) is 0 Å². The van der Waals surface area contributed by atoms with Crippen molar-refractivity contribution in [3.63, 3.8) is 0 Å². The Morgan fingerprint density at radius 1 is 1.03 bits per heavy atom. The molecule has 2 fully saturated rings. The largest absolute Gasteiger partial charge is 0.494 e. The average molecular weight is 493 g/mol. The first-order valence-electron chi connectivity index (χ1n) is 12.8. The summed E-state index contributed by atoms with van der Waals surface area (Å²) in [7, 11) is 1.49. The number of carboxylic acids is 1. The number of carboxylic acid groups (broad SMARTS) is 1. The van der Waals surface area contributed by atoms with E-state index in [1.54, 1.807) is 6.07 Å². The van der Waals surface area contributed by atoms with Gasteiger partial charge in [-0.3, -0.25) is 4.68 Å². The molecule has 3 aromatic rings. The summed E-state index contributed by atoms with van der Waals surface area (Å²) >= 11 is 0. The number of rotatable bonds is 10. The molecule has 0 radical (unpaired) electrons. The molecule has 6 nitrogen and oxygen atoms in total. The zero-order chi connectivity index (χ0) is 25.1. The number of methoxy groups -OCH3 is 1. The number of aliphatic carboxylic acids is 1. The third-order valence-corrected chi connectivity index (χ3v) is 7.43. The lowest BCUT2D eigenvalue weighted by Gasteiger charge is -2.28. The van der Waals surface area contributed by atoms with Crippen molar-refractivity contribution in [2.75, 3.05) is 20.3 Å². The molecule has 0 unspecified atom stereocenters. The van der Waals surface area contributed by atoms with E-state index in [9.17, 15) is 4.79 Å². The van der Waals surface area contributed by atoms with E-state index in [0.717, 1.165) is 67.6 Å². The minimum absolute atomic E-state index is 0.232. The monoisotopic (exact) mass is 492 g/mol. The minimum Gasteiger partial charge on any atom is -0.494 e. The molecule has 0 amide bonds. The Morgan fingerprint density at radius 3 is 2.42 bits per heavy atom. The van der Waals surface area contributed by atoms with E-state index in [1.165, 1.54) is 7.11 Å². The second kappa shape index (κ2) is 10.8. The summed E-state index contributed by atoms with van der Waals surface area (Å²) < 4.78 is 28.4. The fourth-order valence-corrected chi connectivity index (χ4v) is 5.45. The van der Waals surface area contributed by atoms with Crippen LogP contribution in [-0.2, 0) is 16.1 Å². The van der Waals surface area contributed by atoms with Crippen LogP contribution in [0.5, 0.6) is 5.75 Å². The van der Waals surface area contributed by atoms with Crippen molar-refractivity contribution in [3.05, 3.63) is 60.0 Å². The molecule has 1 aromatic heterocycles. The van der Waals surface area contributed by atoms with Crippen molar-refractivity contribution in [2.45, 2.75) is 51.0 Å². The van der Waals surface area contributed by atoms with Crippen LogP contribution in [0.15, 0.2) is 48.5 Å². The van der Waals surface area contributed by atoms with Gasteiger partial charge in [-0.25, -0.2) is 9.18 Å². The lowest BCUT2D eigenvalue weighted by molar-refractivity contribution is -0.142. The Morgan fingerprint density at radius 2 is 1.75 bits per heavy atom. The van der Waals surface area contributed by atoms with Crippen molar-refractivity contribution in [3.8, 4) is 28.1 Å². The molecule has 0 atom stereocenters. The van der Waals surface area contributed by atoms with E-state index in [1.807, 2.05) is 42.5 Å². The zero-order valence-corrected chi connectivity index (χ0v) is 20.7. The molecule has 190 valence electrons. The van der Waals surface area contributed by atoms with E-state index >= 15 is 4.39 Å². The van der Waals surface area contributed by atoms with Crippen molar-refractivity contribution in [1.29, 1.82) is 0 Å². The highest BCUT2D eigenvalue weighted by molar-refractivity contribution is 5.84. The van der Waals surface area contributed by atoms with Crippen LogP contribution in [0.1, 0.15) is 50.1 Å². The van der Waals surface area contributed by atoms with Crippen LogP contribution in [0.25, 0.3) is 22.4 Å². The van der Waals surface area contributed by atoms with Crippen molar-refractivity contribution in [2.24, 2.45) is 11.8 Å². The van der Waals surface area contributed by atoms with Crippen LogP contribution in [0, 0.1) is 17.7 Å². The smallest absolute Gasteiger partial charge is 0.329 e. The molecular weight excluding hydrogens is 459 g/mol. The fourth-order valence-electron chi connectivity index (χ4n) is 5.45. The number of halogens is 1. The Hall–Kier alpha value is -3.19. The predicted molar refractivity (Wildman–Crippen MR) is 135 cm³/mol. The molecule has 2 aromatic carbocycles. The Bertz CT molecular complexity index is 1200. The normalized spacial score (nSPS) is 19.8. The molecule has 0 aliphatic heterocycles. The molecule has 0 saturated heterocycles. The molecule has 0 bridgehead atoms. The number of hydrogen-bond donors (Lipinski definition) is 1. The summed E-state index contributed by atoms with van der Waals surface area (Å²) in [4.78, 5) is 10.7. The van der Waals surface area contributed by atoms with Gasteiger partial charge >= 0.3 is 5.97 Å². The average Bonchev–Trinajstić information content (AvgIpc) is 3.66. The van der Waals surface area contributed by atoms with Crippen LogP contribution >= 0.6 is 0 Å². The SMILES string of the molecule is COc1cccc(-c2c(-c3ccccc3)nn(CC3CCC(COCC(=O)O)CC3)c2C2CC2)c1F. The van der Waals surface area contributed by atoms with Crippen molar-refractivity contribution >= 4 is 5.97 Å². The second-order valence-electron chi connectivity index (χ2n) is 10.0. The van der Waals surface area contributed by atoms with Crippen LogP contribution in [0.2, 0.25) is 0 Å². The van der Waals surface area contributed by atoms with Crippen molar-refractivity contribution in [1.82, 2.24) is 9.78 Å². The molecule has 7 heteroatoms. The number of carbonyl (C=O) groups is 1. The summed E-state index contributed by atoms with van der Waals surface area (Å²) in [6, 6.07) is 15.4. The summed E-state index contributed by atoms with van der Waals surface area (Å²) in [6.45, 7) is 1.08. The zero-order valence-electron chi connectivity index (χ0n) is 20.7. The van der Waals surface area contributed by atoms with Crippen LogP contribution < -0.4 is 4.74 Å². The minimum atomic E-state index is -0.924. The maximum absolute atomic E-state index is 15.6. The molecule has 2 saturated carbocycles. The van der Waals surface area contributed by atoms with Gasteiger partial charge in [0, 0.05) is 29.2 Å². The van der Waals surface area contributed by atoms with E-state index in [4.69, 9.17) is 19.7 Å². The van der Waals surface area contributed by atoms with Gasteiger partial charge in [0.25, 0.3) is 0 Å². The van der Waals surface area contributed by atoms with Gasteiger partial charge in [0.15, 0.2) is 11.6 Å². The molecule has 2 aliphatic rings. The van der Waals surface area contributed by atoms with E-state index in [0.29, 0.717) is 29.9 Å². The number of hydrogen-bond acceptors (Lipinski definition) is 4. The topological polar surface area (TPSA) is 73.6 Å². The first-order chi connectivity index (χ1) is 17.5. The first kappa shape index (κ1) is 24.5. The first-order valence-corrected chi connectivity index (χ1v) is 12.8. The number of aromatic nitrogens is 2. The van der Waals surface area contributed by atoms with Crippen LogP contribution in [0.3, 0.4) is 0 Å². The Balaban J connectivity index is 1.45. The maximum atomic E-state index is 15.6. The molecule has 36 heavy (non-hydrogen) atoms. The van der Waals surface area contributed by atoms with E-state index in [2.05, 4.69) is 4.68 Å². The van der Waals surface area contributed by atoms with E-state index in [-0.39, 0.29) is 18.2 Å². The third kappa shape index (κ3) is 5.31. The highest BCUT2D eigenvalue weighted by Crippen LogP contribution is 2.49. The molecule has 5 rings (SSSR count). The van der Waals surface area contributed by atoms with Crippen LogP contribution in [0.4, 0.5) is 4.39 Å². The molecule has 0 spiro atoms. The highest BCUT2D eigenvalue weighted by atomic mass is 19.1. The van der Waals surface area contributed by atoms with Crippen LogP contribution in [-0.4, -0.2) is 41.2 Å². The molecule has 1 heterocycles. The quantitative estimate of drug-likeness (QED) is 0.367. The molecule has 1 N–H and O–H groups in total. The van der Waals surface area contributed by atoms with Crippen molar-refractivity contribution < 1.29 is 23.8 Å². The van der Waals surface area contributed by atoms with Gasteiger partial charge in [0.1, 0.15) is 12.3 Å². The summed E-state index contributed by atoms with van der Waals surface area (Å²) in [5, 5.41) is 13.9. The van der Waals surface area contributed by atoms with Gasteiger partial charge in [-0.05, 0) is 56.4 Å². The van der Waals surface area contributed by atoms with Gasteiger partial charge in [-0.1, -0.05) is 42.5 Å². The Labute approximate surface area is 211 Å². The number of benzene rings is 2. The van der Waals surface area contributed by atoms with E-state index < -0.39 is 5.97 Å². The fraction of sp³-hybridized carbons (Fsp3) is 0.448. The standard InChI is InChI=1S/C29H33FN2O4/c1-35-24-9-5-8-23(27(24)30)26-28(21-6-3-2-4-7-21)31-32(29(26)22-14-15-22)16-19-10-12-20(13-11-19)17-36-18-25(33)34/h2-9,19-20,22H,10-18H2,1H3,(H,33,34). The molecular formula is C29H33FN2O4. The summed E-state index contributed by atoms with van der Waals surface area (Å²) in [5.41, 5.74) is 4.36. The van der Waals surface area contributed by atoms with Gasteiger partial charge in [0.05, 0.1) is 19.4 Å². The predicted octanol–water partition coefficient (Wildman–Crippen LogP) is 6.15. The van der Waals surface area contributed by atoms with Gasteiger partial charge in [-0.2, -0.15) is 5.10 Å². The molecule has 2 aliphatic carbocycles. The summed E-state index contributed by atoms with van der Waals surface area (Å²) in [5.74, 6) is 0.237.